The molecule has 8 heteroatoms. The third kappa shape index (κ3) is 4.44. The van der Waals surface area contributed by atoms with Crippen LogP contribution in [0.15, 0.2) is 36.8 Å². The Hall–Kier alpha value is -3.00. The van der Waals surface area contributed by atoms with E-state index in [4.69, 9.17) is 9.47 Å². The van der Waals surface area contributed by atoms with Gasteiger partial charge in [0, 0.05) is 44.0 Å². The SMILES string of the molecule is CN(CCN1CCCC1)C(=O)C1CCC2(CC1)OC(=O)c1cc(Oc3cnccn3)ccc12. The number of likely N-dealkylation sites (N-methyl/N-ethyl adjacent to an activating group) is 1. The summed E-state index contributed by atoms with van der Waals surface area (Å²) < 4.78 is 11.6. The van der Waals surface area contributed by atoms with Crippen LogP contribution in [-0.2, 0) is 15.1 Å². The maximum absolute atomic E-state index is 13.0. The summed E-state index contributed by atoms with van der Waals surface area (Å²) in [6.45, 7) is 4.00. The Labute approximate surface area is 193 Å². The smallest absolute Gasteiger partial charge is 0.339 e. The van der Waals surface area contributed by atoms with E-state index in [9.17, 15) is 9.59 Å². The summed E-state index contributed by atoms with van der Waals surface area (Å²) in [5, 5.41) is 0. The van der Waals surface area contributed by atoms with Gasteiger partial charge in [-0.3, -0.25) is 9.78 Å². The van der Waals surface area contributed by atoms with Gasteiger partial charge in [0.15, 0.2) is 0 Å². The van der Waals surface area contributed by atoms with Gasteiger partial charge in [-0.05, 0) is 63.7 Å². The summed E-state index contributed by atoms with van der Waals surface area (Å²) in [6, 6.07) is 5.46. The molecule has 2 aromatic rings. The summed E-state index contributed by atoms with van der Waals surface area (Å²) in [5.41, 5.74) is 0.791. The van der Waals surface area contributed by atoms with E-state index in [1.165, 1.54) is 19.0 Å². The van der Waals surface area contributed by atoms with Crippen molar-refractivity contribution >= 4 is 11.9 Å². The number of carbonyl (C=O) groups excluding carboxylic acids is 2. The molecule has 1 aromatic carbocycles. The minimum atomic E-state index is -0.637. The van der Waals surface area contributed by atoms with Crippen LogP contribution in [0.1, 0.15) is 54.4 Å². The predicted octanol–water partition coefficient (Wildman–Crippen LogP) is 3.38. The first-order valence-electron chi connectivity index (χ1n) is 11.8. The summed E-state index contributed by atoms with van der Waals surface area (Å²) in [6.07, 6.45) is 9.92. The molecule has 1 aromatic heterocycles. The van der Waals surface area contributed by atoms with Crippen molar-refractivity contribution in [1.29, 1.82) is 0 Å². The van der Waals surface area contributed by atoms with E-state index in [0.717, 1.165) is 44.6 Å². The number of fused-ring (bicyclic) bond motifs is 2. The van der Waals surface area contributed by atoms with Crippen LogP contribution in [0, 0.1) is 5.92 Å². The molecule has 2 fully saturated rings. The van der Waals surface area contributed by atoms with Crippen molar-refractivity contribution < 1.29 is 19.1 Å². The molecule has 3 aliphatic rings. The van der Waals surface area contributed by atoms with Crippen LogP contribution >= 0.6 is 0 Å². The fourth-order valence-electron chi connectivity index (χ4n) is 5.32. The van der Waals surface area contributed by atoms with E-state index < -0.39 is 5.60 Å². The van der Waals surface area contributed by atoms with Crippen LogP contribution in [0.4, 0.5) is 0 Å². The first-order chi connectivity index (χ1) is 16.0. The Bertz CT molecular complexity index is 1010. The van der Waals surface area contributed by atoms with Crippen LogP contribution in [0.5, 0.6) is 11.6 Å². The van der Waals surface area contributed by atoms with Gasteiger partial charge >= 0.3 is 5.97 Å². The van der Waals surface area contributed by atoms with Gasteiger partial charge in [0.2, 0.25) is 11.8 Å². The van der Waals surface area contributed by atoms with Crippen LogP contribution in [0.2, 0.25) is 0 Å². The molecule has 5 rings (SSSR count). The number of esters is 1. The third-order valence-corrected chi connectivity index (χ3v) is 7.22. The number of hydrogen-bond donors (Lipinski definition) is 0. The van der Waals surface area contributed by atoms with Gasteiger partial charge < -0.3 is 19.3 Å². The Morgan fingerprint density at radius 2 is 2.03 bits per heavy atom. The molecular weight excluding hydrogens is 420 g/mol. The Balaban J connectivity index is 1.22. The molecule has 1 amide bonds. The lowest BCUT2D eigenvalue weighted by Gasteiger charge is -2.37. The molecule has 0 unspecified atom stereocenters. The second-order valence-electron chi connectivity index (χ2n) is 9.32. The molecule has 1 saturated carbocycles. The zero-order valence-corrected chi connectivity index (χ0v) is 19.0. The van der Waals surface area contributed by atoms with Crippen LogP contribution in [0.25, 0.3) is 0 Å². The van der Waals surface area contributed by atoms with Crippen molar-refractivity contribution in [2.24, 2.45) is 5.92 Å². The van der Waals surface area contributed by atoms with E-state index in [0.29, 0.717) is 30.0 Å². The van der Waals surface area contributed by atoms with Crippen molar-refractivity contribution in [3.05, 3.63) is 47.9 Å². The highest BCUT2D eigenvalue weighted by molar-refractivity contribution is 5.95. The van der Waals surface area contributed by atoms with Gasteiger partial charge in [-0.25, -0.2) is 9.78 Å². The van der Waals surface area contributed by atoms with Gasteiger partial charge in [-0.2, -0.15) is 0 Å². The highest BCUT2D eigenvalue weighted by Gasteiger charge is 2.48. The molecule has 0 bridgehead atoms. The second kappa shape index (κ2) is 9.09. The second-order valence-corrected chi connectivity index (χ2v) is 9.32. The maximum Gasteiger partial charge on any atom is 0.339 e. The molecular formula is C25H30N4O4. The van der Waals surface area contributed by atoms with Crippen molar-refractivity contribution in [3.8, 4) is 11.6 Å². The van der Waals surface area contributed by atoms with E-state index in [1.807, 2.05) is 24.1 Å². The molecule has 8 nitrogen and oxygen atoms in total. The van der Waals surface area contributed by atoms with E-state index in [-0.39, 0.29) is 17.8 Å². The fraction of sp³-hybridized carbons (Fsp3) is 0.520. The molecule has 1 aliphatic carbocycles. The van der Waals surface area contributed by atoms with Gasteiger partial charge in [0.05, 0.1) is 11.8 Å². The Kier molecular flexibility index (Phi) is 6.01. The first kappa shape index (κ1) is 21.8. The molecule has 2 aliphatic heterocycles. The first-order valence-corrected chi connectivity index (χ1v) is 11.8. The lowest BCUT2D eigenvalue weighted by atomic mass is 9.74. The molecule has 1 spiro atoms. The minimum absolute atomic E-state index is 0.0128. The minimum Gasteiger partial charge on any atom is -0.451 e. The zero-order chi connectivity index (χ0) is 22.8. The van der Waals surface area contributed by atoms with E-state index in [1.54, 1.807) is 18.5 Å². The Morgan fingerprint density at radius 3 is 2.76 bits per heavy atom. The summed E-state index contributed by atoms with van der Waals surface area (Å²) >= 11 is 0. The maximum atomic E-state index is 13.0. The number of benzene rings is 1. The molecule has 33 heavy (non-hydrogen) atoms. The van der Waals surface area contributed by atoms with Crippen molar-refractivity contribution in [3.63, 3.8) is 0 Å². The predicted molar refractivity (Wildman–Crippen MR) is 121 cm³/mol. The number of nitrogens with zero attached hydrogens (tertiary/aromatic N) is 4. The standard InChI is InChI=1S/C25H30N4O4/c1-28(14-15-29-12-2-3-13-29)23(30)18-6-8-25(9-7-18)21-5-4-19(16-20(21)24(31)33-25)32-22-17-26-10-11-27-22/h4-5,10-11,16-18H,2-3,6-9,12-15H2,1H3. The van der Waals surface area contributed by atoms with E-state index in [2.05, 4.69) is 14.9 Å². The highest BCUT2D eigenvalue weighted by atomic mass is 16.6. The summed E-state index contributed by atoms with van der Waals surface area (Å²) in [7, 11) is 1.91. The average Bonchev–Trinajstić information content (AvgIpc) is 3.45. The van der Waals surface area contributed by atoms with E-state index >= 15 is 0 Å². The zero-order valence-electron chi connectivity index (χ0n) is 19.0. The molecule has 3 heterocycles. The number of ether oxygens (including phenoxy) is 2. The largest absolute Gasteiger partial charge is 0.451 e. The number of amides is 1. The number of hydrogen-bond acceptors (Lipinski definition) is 7. The Morgan fingerprint density at radius 1 is 1.24 bits per heavy atom. The lowest BCUT2D eigenvalue weighted by Crippen LogP contribution is -2.41. The van der Waals surface area contributed by atoms with Crippen LogP contribution in [0.3, 0.4) is 0 Å². The fourth-order valence-corrected chi connectivity index (χ4v) is 5.32. The molecule has 0 N–H and O–H groups in total. The van der Waals surface area contributed by atoms with Gasteiger partial charge in [0.1, 0.15) is 11.4 Å². The third-order valence-electron chi connectivity index (χ3n) is 7.22. The number of likely N-dealkylation sites (tertiary alicyclic amines) is 1. The van der Waals surface area contributed by atoms with Gasteiger partial charge in [-0.1, -0.05) is 6.07 Å². The topological polar surface area (TPSA) is 84.9 Å². The molecule has 0 atom stereocenters. The summed E-state index contributed by atoms with van der Waals surface area (Å²) in [4.78, 5) is 38.1. The molecule has 174 valence electrons. The quantitative estimate of drug-likeness (QED) is 0.624. The number of aromatic nitrogens is 2. The van der Waals surface area contributed by atoms with Crippen molar-refractivity contribution in [1.82, 2.24) is 19.8 Å². The van der Waals surface area contributed by atoms with Crippen LogP contribution in [-0.4, -0.2) is 64.9 Å². The normalized spacial score (nSPS) is 24.5. The van der Waals surface area contributed by atoms with Gasteiger partial charge in [-0.15, -0.1) is 0 Å². The van der Waals surface area contributed by atoms with Gasteiger partial charge in [0.25, 0.3) is 0 Å². The lowest BCUT2D eigenvalue weighted by molar-refractivity contribution is -0.137. The number of carbonyl (C=O) groups is 2. The highest BCUT2D eigenvalue weighted by Crippen LogP contribution is 2.49. The van der Waals surface area contributed by atoms with Crippen molar-refractivity contribution in [2.75, 3.05) is 33.2 Å². The molecule has 1 saturated heterocycles. The molecule has 0 radical (unpaired) electrons. The summed E-state index contributed by atoms with van der Waals surface area (Å²) in [5.74, 6) is 0.753. The van der Waals surface area contributed by atoms with Crippen LogP contribution < -0.4 is 4.74 Å². The monoisotopic (exact) mass is 450 g/mol. The van der Waals surface area contributed by atoms with Crippen molar-refractivity contribution in [2.45, 2.75) is 44.1 Å². The average molecular weight is 451 g/mol. The number of rotatable bonds is 6.